The number of hydrogen-bond donors (Lipinski definition) is 1. The number of phenolic OH excluding ortho intramolecular Hbond substituents is 1. The Kier molecular flexibility index (Phi) is 3.09. The molecule has 0 saturated carbocycles. The molecule has 20 heavy (non-hydrogen) atoms. The number of rotatable bonds is 2. The molecule has 0 unspecified atom stereocenters. The third kappa shape index (κ3) is 2.33. The highest BCUT2D eigenvalue weighted by Gasteiger charge is 2.05. The van der Waals surface area contributed by atoms with Gasteiger partial charge in [-0.05, 0) is 48.5 Å². The van der Waals surface area contributed by atoms with Crippen LogP contribution in [0.5, 0.6) is 5.75 Å². The Hall–Kier alpha value is -2.82. The first-order chi connectivity index (χ1) is 9.74. The zero-order chi connectivity index (χ0) is 13.9. The minimum absolute atomic E-state index is 0.147. The number of halogens is 1. The number of pyridine rings is 1. The van der Waals surface area contributed by atoms with Crippen LogP contribution in [0.15, 0.2) is 65.0 Å². The molecule has 0 aliphatic heterocycles. The van der Waals surface area contributed by atoms with E-state index in [1.165, 1.54) is 24.3 Å². The first-order valence-electron chi connectivity index (χ1n) is 5.98. The fourth-order valence-electron chi connectivity index (χ4n) is 1.84. The number of phenols is 1. The molecule has 2 aromatic carbocycles. The zero-order valence-corrected chi connectivity index (χ0v) is 10.4. The van der Waals surface area contributed by atoms with E-state index < -0.39 is 0 Å². The van der Waals surface area contributed by atoms with E-state index in [1.807, 2.05) is 0 Å². The molecule has 0 aliphatic carbocycles. The Morgan fingerprint density at radius 2 is 1.75 bits per heavy atom. The van der Waals surface area contributed by atoms with Crippen molar-refractivity contribution in [3.63, 3.8) is 0 Å². The normalized spacial score (nSPS) is 11.2. The van der Waals surface area contributed by atoms with Crippen LogP contribution in [-0.4, -0.2) is 10.1 Å². The van der Waals surface area contributed by atoms with Crippen LogP contribution >= 0.6 is 0 Å². The molecule has 0 atom stereocenters. The third-order valence-electron chi connectivity index (χ3n) is 2.83. The molecule has 98 valence electrons. The van der Waals surface area contributed by atoms with Gasteiger partial charge in [0.15, 0.2) is 0 Å². The molecule has 4 nitrogen and oxygen atoms in total. The lowest BCUT2D eigenvalue weighted by Crippen LogP contribution is -1.79. The number of hydrogen-bond acceptors (Lipinski definition) is 4. The summed E-state index contributed by atoms with van der Waals surface area (Å²) < 4.78 is 12.8. The van der Waals surface area contributed by atoms with Crippen molar-refractivity contribution in [1.29, 1.82) is 0 Å². The van der Waals surface area contributed by atoms with E-state index in [4.69, 9.17) is 0 Å². The summed E-state index contributed by atoms with van der Waals surface area (Å²) in [6, 6.07) is 12.4. The summed E-state index contributed by atoms with van der Waals surface area (Å²) in [5.74, 6) is -0.172. The summed E-state index contributed by atoms with van der Waals surface area (Å²) >= 11 is 0. The van der Waals surface area contributed by atoms with Crippen molar-refractivity contribution in [2.24, 2.45) is 10.2 Å². The van der Waals surface area contributed by atoms with Crippen molar-refractivity contribution in [2.75, 3.05) is 0 Å². The first kappa shape index (κ1) is 12.2. The van der Waals surface area contributed by atoms with Crippen molar-refractivity contribution in [3.8, 4) is 5.75 Å². The van der Waals surface area contributed by atoms with Crippen molar-refractivity contribution in [2.45, 2.75) is 0 Å². The van der Waals surface area contributed by atoms with Crippen LogP contribution in [0.1, 0.15) is 0 Å². The number of aromatic hydroxyl groups is 1. The average molecular weight is 267 g/mol. The molecule has 0 saturated heterocycles. The molecular formula is C15H10FN3O. The molecule has 5 heteroatoms. The Morgan fingerprint density at radius 1 is 0.950 bits per heavy atom. The van der Waals surface area contributed by atoms with Gasteiger partial charge in [-0.2, -0.15) is 5.11 Å². The molecule has 1 N–H and O–H groups in total. The van der Waals surface area contributed by atoms with Gasteiger partial charge in [0.05, 0.1) is 5.69 Å². The summed E-state index contributed by atoms with van der Waals surface area (Å²) in [5.41, 5.74) is 1.66. The van der Waals surface area contributed by atoms with Gasteiger partial charge in [-0.15, -0.1) is 5.11 Å². The highest BCUT2D eigenvalue weighted by atomic mass is 19.1. The fourth-order valence-corrected chi connectivity index (χ4v) is 1.84. The van der Waals surface area contributed by atoms with Gasteiger partial charge in [0.1, 0.15) is 22.8 Å². The van der Waals surface area contributed by atoms with Gasteiger partial charge in [-0.25, -0.2) is 4.39 Å². The van der Waals surface area contributed by atoms with Crippen molar-refractivity contribution >= 4 is 22.3 Å². The Bertz CT molecular complexity index is 785. The molecule has 0 radical (unpaired) electrons. The highest BCUT2D eigenvalue weighted by molar-refractivity contribution is 5.93. The maximum atomic E-state index is 12.8. The zero-order valence-electron chi connectivity index (χ0n) is 10.4. The molecule has 1 aromatic heterocycles. The molecule has 1 heterocycles. The number of azo groups is 1. The maximum Gasteiger partial charge on any atom is 0.125 e. The Balaban J connectivity index is 2.03. The lowest BCUT2D eigenvalue weighted by atomic mass is 10.2. The predicted molar refractivity (Wildman–Crippen MR) is 74.0 cm³/mol. The topological polar surface area (TPSA) is 57.8 Å². The Morgan fingerprint density at radius 3 is 2.55 bits per heavy atom. The molecule has 3 rings (SSSR count). The monoisotopic (exact) mass is 267 g/mol. The van der Waals surface area contributed by atoms with Crippen LogP contribution in [0, 0.1) is 5.82 Å². The second-order valence-corrected chi connectivity index (χ2v) is 4.18. The van der Waals surface area contributed by atoms with E-state index in [2.05, 4.69) is 15.2 Å². The van der Waals surface area contributed by atoms with Crippen LogP contribution < -0.4 is 0 Å². The summed E-state index contributed by atoms with van der Waals surface area (Å²) in [6.07, 6.45) is 1.62. The minimum Gasteiger partial charge on any atom is -0.507 e. The van der Waals surface area contributed by atoms with Crippen molar-refractivity contribution < 1.29 is 9.50 Å². The second kappa shape index (κ2) is 5.05. The maximum absolute atomic E-state index is 12.8. The van der Waals surface area contributed by atoms with E-state index in [0.717, 1.165) is 0 Å². The van der Waals surface area contributed by atoms with Gasteiger partial charge in [-0.1, -0.05) is 0 Å². The summed E-state index contributed by atoms with van der Waals surface area (Å²) in [6.45, 7) is 0. The van der Waals surface area contributed by atoms with Crippen molar-refractivity contribution in [1.82, 2.24) is 4.98 Å². The molecule has 0 amide bonds. The van der Waals surface area contributed by atoms with Gasteiger partial charge >= 0.3 is 0 Å². The quantitative estimate of drug-likeness (QED) is 0.695. The van der Waals surface area contributed by atoms with Crippen LogP contribution in [0.3, 0.4) is 0 Å². The summed E-state index contributed by atoms with van der Waals surface area (Å²) in [7, 11) is 0. The van der Waals surface area contributed by atoms with E-state index in [9.17, 15) is 9.50 Å². The first-order valence-corrected chi connectivity index (χ1v) is 5.98. The lowest BCUT2D eigenvalue weighted by molar-refractivity contribution is 0.481. The van der Waals surface area contributed by atoms with Gasteiger partial charge in [0.25, 0.3) is 0 Å². The van der Waals surface area contributed by atoms with Crippen LogP contribution in [0.4, 0.5) is 15.8 Å². The van der Waals surface area contributed by atoms with Crippen molar-refractivity contribution in [3.05, 3.63) is 60.5 Å². The van der Waals surface area contributed by atoms with Gasteiger partial charge < -0.3 is 5.11 Å². The van der Waals surface area contributed by atoms with Crippen LogP contribution in [0.2, 0.25) is 0 Å². The second-order valence-electron chi connectivity index (χ2n) is 4.18. The van der Waals surface area contributed by atoms with E-state index in [0.29, 0.717) is 22.3 Å². The van der Waals surface area contributed by atoms with Crippen LogP contribution in [0.25, 0.3) is 10.9 Å². The number of nitrogens with zero attached hydrogens (tertiary/aromatic N) is 3. The van der Waals surface area contributed by atoms with Crippen LogP contribution in [-0.2, 0) is 0 Å². The average Bonchev–Trinajstić information content (AvgIpc) is 2.49. The number of benzene rings is 2. The molecule has 0 spiro atoms. The summed E-state index contributed by atoms with van der Waals surface area (Å²) in [5, 5.41) is 18.5. The van der Waals surface area contributed by atoms with E-state index in [-0.39, 0.29) is 11.6 Å². The number of aromatic nitrogens is 1. The van der Waals surface area contributed by atoms with Gasteiger partial charge in [0, 0.05) is 11.6 Å². The van der Waals surface area contributed by atoms with E-state index in [1.54, 1.807) is 30.5 Å². The summed E-state index contributed by atoms with van der Waals surface area (Å²) in [4.78, 5) is 4.19. The van der Waals surface area contributed by atoms with Gasteiger partial charge in [0.2, 0.25) is 0 Å². The fraction of sp³-hybridized carbons (Fsp3) is 0. The number of fused-ring (bicyclic) bond motifs is 1. The molecule has 3 aromatic rings. The third-order valence-corrected chi connectivity index (χ3v) is 2.83. The standard InChI is InChI=1S/C15H10FN3O/c16-10-3-5-11(6-4-10)18-19-13-7-8-14(20)12-2-1-9-17-15(12)13/h1-9,20H. The SMILES string of the molecule is Oc1ccc(N=Nc2ccc(F)cc2)c2ncccc12. The van der Waals surface area contributed by atoms with Gasteiger partial charge in [-0.3, -0.25) is 4.98 Å². The predicted octanol–water partition coefficient (Wildman–Crippen LogP) is 4.49. The molecular weight excluding hydrogens is 257 g/mol. The molecule has 0 bridgehead atoms. The highest BCUT2D eigenvalue weighted by Crippen LogP contribution is 2.31. The molecule has 0 fully saturated rings. The van der Waals surface area contributed by atoms with E-state index >= 15 is 0 Å². The smallest absolute Gasteiger partial charge is 0.125 e. The lowest BCUT2D eigenvalue weighted by Gasteiger charge is -2.02. The Labute approximate surface area is 114 Å². The largest absolute Gasteiger partial charge is 0.507 e. The minimum atomic E-state index is -0.319. The molecule has 0 aliphatic rings.